The van der Waals surface area contributed by atoms with Gasteiger partial charge in [-0.3, -0.25) is 19.9 Å². The molecule has 2 aliphatic carbocycles. The van der Waals surface area contributed by atoms with Crippen LogP contribution in [0.5, 0.6) is 0 Å². The van der Waals surface area contributed by atoms with E-state index in [1.54, 1.807) is 50.0 Å². The third-order valence-corrected chi connectivity index (χ3v) is 7.52. The predicted molar refractivity (Wildman–Crippen MR) is 158 cm³/mol. The van der Waals surface area contributed by atoms with Gasteiger partial charge in [-0.1, -0.05) is 18.2 Å². The number of anilines is 3. The fourth-order valence-electron chi connectivity index (χ4n) is 5.18. The van der Waals surface area contributed by atoms with Crippen molar-refractivity contribution in [3.05, 3.63) is 77.6 Å². The molecule has 220 valence electrons. The fourth-order valence-corrected chi connectivity index (χ4v) is 5.18. The molecule has 3 aromatic rings. The van der Waals surface area contributed by atoms with E-state index < -0.39 is 11.6 Å². The molecule has 11 nitrogen and oxygen atoms in total. The second kappa shape index (κ2) is 13.1. The second-order valence-corrected chi connectivity index (χ2v) is 10.7. The maximum Gasteiger partial charge on any atom is 0.323 e. The summed E-state index contributed by atoms with van der Waals surface area (Å²) in [6, 6.07) is 9.99. The Labute approximate surface area is 244 Å². The van der Waals surface area contributed by atoms with Crippen molar-refractivity contribution in [1.82, 2.24) is 15.0 Å². The van der Waals surface area contributed by atoms with Gasteiger partial charge in [0.15, 0.2) is 0 Å². The van der Waals surface area contributed by atoms with Gasteiger partial charge in [0, 0.05) is 36.0 Å². The van der Waals surface area contributed by atoms with Crippen LogP contribution in [0.3, 0.4) is 0 Å². The number of aromatic nitrogens is 3. The van der Waals surface area contributed by atoms with Crippen LogP contribution in [-0.4, -0.2) is 58.3 Å². The van der Waals surface area contributed by atoms with Crippen molar-refractivity contribution in [1.29, 1.82) is 0 Å². The Morgan fingerprint density at radius 2 is 1.83 bits per heavy atom. The van der Waals surface area contributed by atoms with Crippen LogP contribution in [0.4, 0.5) is 17.3 Å². The van der Waals surface area contributed by atoms with Crippen LogP contribution in [-0.2, 0) is 25.4 Å². The zero-order valence-electron chi connectivity index (χ0n) is 23.8. The number of amides is 1. The zero-order valence-corrected chi connectivity index (χ0v) is 23.8. The molecule has 2 aromatic heterocycles. The van der Waals surface area contributed by atoms with Crippen molar-refractivity contribution in [2.45, 2.75) is 63.2 Å². The number of hydrogen-bond donors (Lipinski definition) is 3. The maximum atomic E-state index is 12.4. The molecule has 0 spiro atoms. The molecule has 42 heavy (non-hydrogen) atoms. The zero-order chi connectivity index (χ0) is 29.5. The maximum absolute atomic E-state index is 12.4. The van der Waals surface area contributed by atoms with Gasteiger partial charge in [0.05, 0.1) is 30.9 Å². The SMILES string of the molecule is COC1=Cc2c(Nc3cnc(NC(=O)c4ccccc4)nc3)ccnc2CC1(C)OCC[C@H](N)C(=O)OC1CCCC1. The lowest BCUT2D eigenvalue weighted by Crippen LogP contribution is -2.40. The van der Waals surface area contributed by atoms with Gasteiger partial charge >= 0.3 is 5.97 Å². The smallest absolute Gasteiger partial charge is 0.323 e. The number of benzene rings is 1. The molecule has 2 atom stereocenters. The Balaban J connectivity index is 1.21. The molecule has 0 aliphatic heterocycles. The first-order valence-corrected chi connectivity index (χ1v) is 14.1. The van der Waals surface area contributed by atoms with Crippen molar-refractivity contribution >= 4 is 35.3 Å². The van der Waals surface area contributed by atoms with E-state index in [1.165, 1.54) is 0 Å². The van der Waals surface area contributed by atoms with Crippen molar-refractivity contribution in [3.8, 4) is 0 Å². The summed E-state index contributed by atoms with van der Waals surface area (Å²) in [6.07, 6.45) is 11.6. The quantitative estimate of drug-likeness (QED) is 0.282. The topological polar surface area (TPSA) is 151 Å². The number of hydrogen-bond acceptors (Lipinski definition) is 10. The highest BCUT2D eigenvalue weighted by Crippen LogP contribution is 2.37. The number of nitrogens with zero attached hydrogens (tertiary/aromatic N) is 3. The number of methoxy groups -OCH3 is 1. The van der Waals surface area contributed by atoms with Crippen LogP contribution >= 0.6 is 0 Å². The first-order chi connectivity index (χ1) is 20.3. The third-order valence-electron chi connectivity index (χ3n) is 7.52. The molecule has 1 amide bonds. The number of esters is 1. The predicted octanol–water partition coefficient (Wildman–Crippen LogP) is 4.39. The molecule has 11 heteroatoms. The van der Waals surface area contributed by atoms with Crippen molar-refractivity contribution in [3.63, 3.8) is 0 Å². The van der Waals surface area contributed by atoms with Crippen LogP contribution in [0, 0.1) is 0 Å². The highest BCUT2D eigenvalue weighted by Gasteiger charge is 2.37. The molecule has 1 unspecified atom stereocenters. The fraction of sp³-hybridized carbons (Fsp3) is 0.387. The largest absolute Gasteiger partial charge is 0.498 e. The number of nitrogens with one attached hydrogen (secondary N) is 2. The number of ether oxygens (including phenoxy) is 3. The van der Waals surface area contributed by atoms with Crippen LogP contribution < -0.4 is 16.4 Å². The van der Waals surface area contributed by atoms with Gasteiger partial charge < -0.3 is 25.3 Å². The highest BCUT2D eigenvalue weighted by molar-refractivity contribution is 6.03. The number of rotatable bonds is 11. The molecule has 0 bridgehead atoms. The molecule has 1 fully saturated rings. The summed E-state index contributed by atoms with van der Waals surface area (Å²) in [5.41, 5.74) is 8.93. The van der Waals surface area contributed by atoms with E-state index in [2.05, 4.69) is 25.6 Å². The summed E-state index contributed by atoms with van der Waals surface area (Å²) < 4.78 is 17.5. The van der Waals surface area contributed by atoms with E-state index in [0.717, 1.165) is 42.6 Å². The standard InChI is InChI=1S/C31H36N6O5/c1-31(41-15-13-24(32)29(39)42-22-10-6-7-11-22)17-26-23(16-27(31)40-2)25(12-14-33-26)36-21-18-34-30(35-19-21)37-28(38)20-8-4-3-5-9-20/h3-5,8-9,12,14,16,18-19,22,24H,6-7,10-11,13,15,17,32H2,1-2H3,(H,33,36)(H,34,35,37,38)/t24-,31?/m0/s1. The molecule has 4 N–H and O–H groups in total. The highest BCUT2D eigenvalue weighted by atomic mass is 16.5. The molecule has 0 saturated heterocycles. The lowest BCUT2D eigenvalue weighted by Gasteiger charge is -2.35. The van der Waals surface area contributed by atoms with E-state index in [-0.39, 0.29) is 30.5 Å². The summed E-state index contributed by atoms with van der Waals surface area (Å²) >= 11 is 0. The molecule has 5 rings (SSSR count). The van der Waals surface area contributed by atoms with Gasteiger partial charge in [-0.2, -0.15) is 0 Å². The first-order valence-electron chi connectivity index (χ1n) is 14.1. The Morgan fingerprint density at radius 3 is 2.55 bits per heavy atom. The molecular formula is C31H36N6O5. The molecule has 0 radical (unpaired) electrons. The molecule has 2 aliphatic rings. The Kier molecular flexibility index (Phi) is 9.09. The number of carbonyl (C=O) groups excluding carboxylic acids is 2. The lowest BCUT2D eigenvalue weighted by atomic mass is 9.87. The second-order valence-electron chi connectivity index (χ2n) is 10.7. The van der Waals surface area contributed by atoms with Gasteiger partial charge in [0.2, 0.25) is 5.95 Å². The number of pyridine rings is 1. The third kappa shape index (κ3) is 6.92. The summed E-state index contributed by atoms with van der Waals surface area (Å²) in [6.45, 7) is 2.20. The van der Waals surface area contributed by atoms with E-state index in [9.17, 15) is 9.59 Å². The number of fused-ring (bicyclic) bond motifs is 1. The summed E-state index contributed by atoms with van der Waals surface area (Å²) in [5, 5.41) is 6.02. The molecule has 1 aromatic carbocycles. The van der Waals surface area contributed by atoms with E-state index in [1.807, 2.05) is 25.1 Å². The Hall–Kier alpha value is -4.35. The molecule has 2 heterocycles. The van der Waals surface area contributed by atoms with Gasteiger partial charge in [-0.05, 0) is 63.3 Å². The lowest BCUT2D eigenvalue weighted by molar-refractivity contribution is -0.151. The number of carbonyl (C=O) groups is 2. The average Bonchev–Trinajstić information content (AvgIpc) is 3.51. The number of nitrogens with two attached hydrogens (primary N) is 1. The van der Waals surface area contributed by atoms with E-state index in [4.69, 9.17) is 19.9 Å². The first kappa shape index (κ1) is 29.2. The van der Waals surface area contributed by atoms with Gasteiger partial charge in [0.1, 0.15) is 23.5 Å². The minimum atomic E-state index is -0.788. The summed E-state index contributed by atoms with van der Waals surface area (Å²) in [5.74, 6) is 0.170. The van der Waals surface area contributed by atoms with Crippen molar-refractivity contribution in [2.75, 3.05) is 24.4 Å². The van der Waals surface area contributed by atoms with Crippen molar-refractivity contribution < 1.29 is 23.8 Å². The monoisotopic (exact) mass is 572 g/mol. The van der Waals surface area contributed by atoms with Gasteiger partial charge in [-0.25, -0.2) is 9.97 Å². The van der Waals surface area contributed by atoms with Gasteiger partial charge in [0.25, 0.3) is 5.91 Å². The van der Waals surface area contributed by atoms with Crippen LogP contribution in [0.1, 0.15) is 60.6 Å². The Bertz CT molecular complexity index is 1430. The van der Waals surface area contributed by atoms with Gasteiger partial charge in [-0.15, -0.1) is 0 Å². The normalized spacial score (nSPS) is 18.9. The van der Waals surface area contributed by atoms with Crippen molar-refractivity contribution in [2.24, 2.45) is 5.73 Å². The van der Waals surface area contributed by atoms with E-state index in [0.29, 0.717) is 29.9 Å². The van der Waals surface area contributed by atoms with Crippen LogP contribution in [0.25, 0.3) is 6.08 Å². The average molecular weight is 573 g/mol. The molecule has 1 saturated carbocycles. The minimum absolute atomic E-state index is 0.0151. The molecular weight excluding hydrogens is 536 g/mol. The summed E-state index contributed by atoms with van der Waals surface area (Å²) in [4.78, 5) is 37.9. The van der Waals surface area contributed by atoms with E-state index >= 15 is 0 Å². The minimum Gasteiger partial charge on any atom is -0.498 e. The van der Waals surface area contributed by atoms with Crippen LogP contribution in [0.15, 0.2) is 60.7 Å². The summed E-state index contributed by atoms with van der Waals surface area (Å²) in [7, 11) is 1.60. The van der Waals surface area contributed by atoms with Crippen LogP contribution in [0.2, 0.25) is 0 Å². The Morgan fingerprint density at radius 1 is 1.10 bits per heavy atom.